The number of ketones is 1. The van der Waals surface area contributed by atoms with Crippen molar-refractivity contribution in [3.63, 3.8) is 0 Å². The zero-order valence-corrected chi connectivity index (χ0v) is 10.3. The molecule has 0 amide bonds. The normalized spacial score (nSPS) is 19.6. The Labute approximate surface area is 109 Å². The highest BCUT2D eigenvalue weighted by Crippen LogP contribution is 2.24. The lowest BCUT2D eigenvalue weighted by molar-refractivity contribution is -0.124. The van der Waals surface area contributed by atoms with Gasteiger partial charge in [-0.25, -0.2) is 4.39 Å². The number of halogens is 1. The van der Waals surface area contributed by atoms with Crippen molar-refractivity contribution in [2.24, 2.45) is 0 Å². The highest BCUT2D eigenvalue weighted by atomic mass is 19.1. The molecule has 0 radical (unpaired) electrons. The third-order valence-electron chi connectivity index (χ3n) is 3.31. The van der Waals surface area contributed by atoms with Crippen molar-refractivity contribution in [2.45, 2.75) is 31.7 Å². The average Bonchev–Trinajstić information content (AvgIpc) is 2.89. The molecule has 1 atom stereocenters. The summed E-state index contributed by atoms with van der Waals surface area (Å²) in [7, 11) is 0. The highest BCUT2D eigenvalue weighted by Gasteiger charge is 2.26. The maximum absolute atomic E-state index is 13.1. The van der Waals surface area contributed by atoms with E-state index in [-0.39, 0.29) is 17.6 Å². The van der Waals surface area contributed by atoms with Gasteiger partial charge in [-0.3, -0.25) is 4.79 Å². The molecule has 1 heterocycles. The molecule has 0 saturated heterocycles. The lowest BCUT2D eigenvalue weighted by Crippen LogP contribution is -2.25. The van der Waals surface area contributed by atoms with E-state index >= 15 is 0 Å². The molecule has 5 nitrogen and oxygen atoms in total. The van der Waals surface area contributed by atoms with Crippen LogP contribution in [0.3, 0.4) is 0 Å². The molecule has 1 aliphatic carbocycles. The van der Waals surface area contributed by atoms with E-state index in [0.29, 0.717) is 17.8 Å². The molecule has 2 aromatic rings. The van der Waals surface area contributed by atoms with E-state index in [4.69, 9.17) is 0 Å². The molecular formula is C13H13FN4O. The molecule has 0 unspecified atom stereocenters. The van der Waals surface area contributed by atoms with E-state index in [1.807, 2.05) is 0 Å². The molecule has 19 heavy (non-hydrogen) atoms. The number of carbonyl (C=O) groups excluding carboxylic acids is 1. The van der Waals surface area contributed by atoms with Crippen molar-refractivity contribution < 1.29 is 9.18 Å². The molecule has 0 bridgehead atoms. The molecule has 6 heteroatoms. The smallest absolute Gasteiger partial charge is 0.205 e. The van der Waals surface area contributed by atoms with Gasteiger partial charge in [0.2, 0.25) is 5.82 Å². The summed E-state index contributed by atoms with van der Waals surface area (Å²) in [6.45, 7) is 0. The SMILES string of the molecule is O=C1CCCC[C@@H]1n1nnc(-c2cccc(F)c2)n1. The van der Waals surface area contributed by atoms with Gasteiger partial charge in [-0.15, -0.1) is 10.2 Å². The van der Waals surface area contributed by atoms with Gasteiger partial charge in [-0.05, 0) is 30.2 Å². The van der Waals surface area contributed by atoms with Crippen LogP contribution in [0.2, 0.25) is 0 Å². The van der Waals surface area contributed by atoms with E-state index in [0.717, 1.165) is 19.3 Å². The Morgan fingerprint density at radius 3 is 3.00 bits per heavy atom. The number of hydrogen-bond acceptors (Lipinski definition) is 4. The van der Waals surface area contributed by atoms with E-state index in [1.54, 1.807) is 12.1 Å². The van der Waals surface area contributed by atoms with Crippen LogP contribution in [0.15, 0.2) is 24.3 Å². The minimum Gasteiger partial charge on any atom is -0.297 e. The van der Waals surface area contributed by atoms with Crippen LogP contribution in [0.1, 0.15) is 31.7 Å². The maximum atomic E-state index is 13.1. The zero-order chi connectivity index (χ0) is 13.2. The third-order valence-corrected chi connectivity index (χ3v) is 3.31. The third kappa shape index (κ3) is 2.38. The van der Waals surface area contributed by atoms with Gasteiger partial charge in [-0.2, -0.15) is 4.80 Å². The molecule has 1 aliphatic rings. The van der Waals surface area contributed by atoms with Gasteiger partial charge in [0, 0.05) is 12.0 Å². The van der Waals surface area contributed by atoms with Crippen LogP contribution in [0.5, 0.6) is 0 Å². The van der Waals surface area contributed by atoms with Crippen LogP contribution in [-0.2, 0) is 4.79 Å². The fourth-order valence-corrected chi connectivity index (χ4v) is 2.31. The van der Waals surface area contributed by atoms with Crippen LogP contribution in [-0.4, -0.2) is 26.0 Å². The van der Waals surface area contributed by atoms with Crippen LogP contribution >= 0.6 is 0 Å². The topological polar surface area (TPSA) is 60.7 Å². The summed E-state index contributed by atoms with van der Waals surface area (Å²) < 4.78 is 13.1. The van der Waals surface area contributed by atoms with Gasteiger partial charge in [0.1, 0.15) is 11.9 Å². The highest BCUT2D eigenvalue weighted by molar-refractivity contribution is 5.82. The number of hydrogen-bond donors (Lipinski definition) is 0. The van der Waals surface area contributed by atoms with Crippen LogP contribution < -0.4 is 0 Å². The quantitative estimate of drug-likeness (QED) is 0.830. The number of nitrogens with zero attached hydrogens (tertiary/aromatic N) is 4. The van der Waals surface area contributed by atoms with Crippen molar-refractivity contribution >= 4 is 5.78 Å². The molecule has 1 aromatic carbocycles. The number of Topliss-reactive ketones (excluding diaryl/α,β-unsaturated/α-hetero) is 1. The summed E-state index contributed by atoms with van der Waals surface area (Å²) in [4.78, 5) is 13.2. The minimum absolute atomic E-state index is 0.148. The fourth-order valence-electron chi connectivity index (χ4n) is 2.31. The molecule has 0 N–H and O–H groups in total. The van der Waals surface area contributed by atoms with Crippen molar-refractivity contribution in [3.05, 3.63) is 30.1 Å². The van der Waals surface area contributed by atoms with E-state index in [9.17, 15) is 9.18 Å². The van der Waals surface area contributed by atoms with Crippen LogP contribution in [0.4, 0.5) is 4.39 Å². The molecule has 1 saturated carbocycles. The lowest BCUT2D eigenvalue weighted by Gasteiger charge is -2.18. The number of benzene rings is 1. The Balaban J connectivity index is 1.89. The first-order valence-corrected chi connectivity index (χ1v) is 6.32. The second-order valence-electron chi connectivity index (χ2n) is 4.67. The predicted molar refractivity (Wildman–Crippen MR) is 65.7 cm³/mol. The first kappa shape index (κ1) is 12.0. The Hall–Kier alpha value is -2.11. The predicted octanol–water partition coefficient (Wildman–Crippen LogP) is 2.16. The number of carbonyl (C=O) groups is 1. The number of rotatable bonds is 2. The van der Waals surface area contributed by atoms with Crippen molar-refractivity contribution in [1.82, 2.24) is 20.2 Å². The van der Waals surface area contributed by atoms with Gasteiger partial charge in [0.15, 0.2) is 5.78 Å². The molecular weight excluding hydrogens is 247 g/mol. The van der Waals surface area contributed by atoms with Gasteiger partial charge in [0.05, 0.1) is 0 Å². The Kier molecular flexibility index (Phi) is 3.06. The van der Waals surface area contributed by atoms with Crippen LogP contribution in [0.25, 0.3) is 11.4 Å². The second-order valence-corrected chi connectivity index (χ2v) is 4.67. The largest absolute Gasteiger partial charge is 0.297 e. The Bertz CT molecular complexity index is 610. The fraction of sp³-hybridized carbons (Fsp3) is 0.385. The molecule has 3 rings (SSSR count). The molecule has 0 spiro atoms. The van der Waals surface area contributed by atoms with Crippen molar-refractivity contribution in [1.29, 1.82) is 0 Å². The second kappa shape index (κ2) is 4.87. The Morgan fingerprint density at radius 2 is 2.21 bits per heavy atom. The number of aromatic nitrogens is 4. The Morgan fingerprint density at radius 1 is 1.32 bits per heavy atom. The van der Waals surface area contributed by atoms with Gasteiger partial charge < -0.3 is 0 Å². The minimum atomic E-state index is -0.345. The molecule has 1 fully saturated rings. The lowest BCUT2D eigenvalue weighted by atomic mass is 9.95. The molecule has 1 aromatic heterocycles. The standard InChI is InChI=1S/C13H13FN4O/c14-10-5-3-4-9(8-10)13-15-17-18(16-13)11-6-1-2-7-12(11)19/h3-5,8,11H,1-2,6-7H2/t11-/m0/s1. The molecule has 0 aliphatic heterocycles. The first-order chi connectivity index (χ1) is 9.24. The number of tetrazole rings is 1. The van der Waals surface area contributed by atoms with Crippen LogP contribution in [0, 0.1) is 5.82 Å². The summed E-state index contributed by atoms with van der Waals surface area (Å²) in [5.74, 6) is 0.148. The van der Waals surface area contributed by atoms with Gasteiger partial charge >= 0.3 is 0 Å². The average molecular weight is 260 g/mol. The molecule has 98 valence electrons. The van der Waals surface area contributed by atoms with E-state index in [2.05, 4.69) is 15.4 Å². The van der Waals surface area contributed by atoms with E-state index < -0.39 is 0 Å². The summed E-state index contributed by atoms with van der Waals surface area (Å²) in [6.07, 6.45) is 3.24. The summed E-state index contributed by atoms with van der Waals surface area (Å²) in [5, 5.41) is 12.0. The van der Waals surface area contributed by atoms with Gasteiger partial charge in [0.25, 0.3) is 0 Å². The van der Waals surface area contributed by atoms with E-state index in [1.165, 1.54) is 16.9 Å². The monoisotopic (exact) mass is 260 g/mol. The van der Waals surface area contributed by atoms with Crippen molar-refractivity contribution in [2.75, 3.05) is 0 Å². The maximum Gasteiger partial charge on any atom is 0.205 e. The summed E-state index contributed by atoms with van der Waals surface area (Å²) in [6, 6.07) is 5.70. The zero-order valence-electron chi connectivity index (χ0n) is 10.3. The summed E-state index contributed by atoms with van der Waals surface area (Å²) in [5.41, 5.74) is 0.564. The summed E-state index contributed by atoms with van der Waals surface area (Å²) >= 11 is 0. The van der Waals surface area contributed by atoms with Gasteiger partial charge in [-0.1, -0.05) is 18.6 Å². The van der Waals surface area contributed by atoms with Crippen molar-refractivity contribution in [3.8, 4) is 11.4 Å². The first-order valence-electron chi connectivity index (χ1n) is 6.32.